The topological polar surface area (TPSA) is 161 Å². The molecule has 9 nitrogen and oxygen atoms in total. The summed E-state index contributed by atoms with van der Waals surface area (Å²) >= 11 is 0. The molecule has 0 spiro atoms. The van der Waals surface area contributed by atoms with Crippen LogP contribution in [0.2, 0.25) is 0 Å². The molecule has 1 fully saturated rings. The number of rotatable bonds is 7. The summed E-state index contributed by atoms with van der Waals surface area (Å²) in [4.78, 5) is 19.6. The van der Waals surface area contributed by atoms with E-state index in [9.17, 15) is 13.2 Å². The zero-order valence-corrected chi connectivity index (χ0v) is 15.4. The van der Waals surface area contributed by atoms with Crippen molar-refractivity contribution in [3.8, 4) is 11.4 Å². The molecule has 3 rings (SSSR count). The zero-order chi connectivity index (χ0) is 19.7. The van der Waals surface area contributed by atoms with Gasteiger partial charge in [0.15, 0.2) is 15.7 Å². The van der Waals surface area contributed by atoms with Crippen molar-refractivity contribution in [1.29, 1.82) is 0 Å². The first-order valence-electron chi connectivity index (χ1n) is 8.42. The SMILES string of the molecule is NC(=O)Nc1ccc(-c2nc(N)cc(C3(S(=O)(=O)CCCO)CC3)n2)cc1. The Balaban J connectivity index is 1.95. The third-order valence-electron chi connectivity index (χ3n) is 4.49. The molecule has 1 aliphatic carbocycles. The number of benzene rings is 1. The number of amides is 2. The van der Waals surface area contributed by atoms with Gasteiger partial charge in [-0.1, -0.05) is 0 Å². The third-order valence-corrected chi connectivity index (χ3v) is 7.13. The van der Waals surface area contributed by atoms with Gasteiger partial charge in [-0.25, -0.2) is 23.2 Å². The molecule has 2 aromatic rings. The lowest BCUT2D eigenvalue weighted by atomic mass is 10.1. The maximum Gasteiger partial charge on any atom is 0.316 e. The number of hydrogen-bond donors (Lipinski definition) is 4. The molecule has 0 radical (unpaired) electrons. The molecule has 0 aliphatic heterocycles. The number of hydrogen-bond acceptors (Lipinski definition) is 7. The fourth-order valence-electron chi connectivity index (χ4n) is 2.96. The second-order valence-corrected chi connectivity index (χ2v) is 8.88. The molecule has 1 heterocycles. The number of anilines is 2. The van der Waals surface area contributed by atoms with E-state index in [1.807, 2.05) is 0 Å². The van der Waals surface area contributed by atoms with E-state index in [1.54, 1.807) is 24.3 Å². The number of nitrogen functional groups attached to an aromatic ring is 1. The van der Waals surface area contributed by atoms with Gasteiger partial charge in [0, 0.05) is 23.9 Å². The van der Waals surface area contributed by atoms with Crippen LogP contribution in [0.4, 0.5) is 16.3 Å². The first-order chi connectivity index (χ1) is 12.8. The Labute approximate surface area is 156 Å². The fourth-order valence-corrected chi connectivity index (χ4v) is 5.01. The third kappa shape index (κ3) is 3.86. The van der Waals surface area contributed by atoms with Crippen LogP contribution in [0.1, 0.15) is 25.0 Å². The summed E-state index contributed by atoms with van der Waals surface area (Å²) in [5.74, 6) is 0.383. The summed E-state index contributed by atoms with van der Waals surface area (Å²) in [5.41, 5.74) is 12.5. The minimum absolute atomic E-state index is 0.101. The predicted octanol–water partition coefficient (Wildman–Crippen LogP) is 1.00. The molecule has 10 heteroatoms. The van der Waals surface area contributed by atoms with E-state index < -0.39 is 20.6 Å². The van der Waals surface area contributed by atoms with Crippen LogP contribution in [-0.2, 0) is 14.6 Å². The van der Waals surface area contributed by atoms with E-state index in [0.29, 0.717) is 35.6 Å². The highest BCUT2D eigenvalue weighted by Crippen LogP contribution is 2.53. The molecule has 0 bridgehead atoms. The quantitative estimate of drug-likeness (QED) is 0.547. The number of sulfone groups is 1. The number of carbonyl (C=O) groups is 1. The van der Waals surface area contributed by atoms with Crippen LogP contribution >= 0.6 is 0 Å². The number of aliphatic hydroxyl groups is 1. The summed E-state index contributed by atoms with van der Waals surface area (Å²) in [5, 5.41) is 11.4. The average molecular weight is 391 g/mol. The molecule has 27 heavy (non-hydrogen) atoms. The highest BCUT2D eigenvalue weighted by atomic mass is 32.2. The van der Waals surface area contributed by atoms with Crippen LogP contribution in [-0.4, -0.2) is 41.9 Å². The monoisotopic (exact) mass is 391 g/mol. The lowest BCUT2D eigenvalue weighted by molar-refractivity contribution is 0.259. The average Bonchev–Trinajstić information content (AvgIpc) is 3.42. The lowest BCUT2D eigenvalue weighted by Gasteiger charge is -2.17. The Kier molecular flexibility index (Phi) is 5.03. The number of nitrogens with one attached hydrogen (secondary N) is 1. The maximum atomic E-state index is 12.7. The minimum Gasteiger partial charge on any atom is -0.396 e. The number of carbonyl (C=O) groups excluding carboxylic acids is 1. The smallest absolute Gasteiger partial charge is 0.316 e. The van der Waals surface area contributed by atoms with Crippen LogP contribution in [0.15, 0.2) is 30.3 Å². The Morgan fingerprint density at radius 3 is 2.44 bits per heavy atom. The van der Waals surface area contributed by atoms with Gasteiger partial charge in [0.25, 0.3) is 0 Å². The van der Waals surface area contributed by atoms with Gasteiger partial charge in [-0.2, -0.15) is 0 Å². The molecule has 0 atom stereocenters. The van der Waals surface area contributed by atoms with E-state index in [4.69, 9.17) is 16.6 Å². The summed E-state index contributed by atoms with van der Waals surface area (Å²) in [6, 6.07) is 7.46. The zero-order valence-electron chi connectivity index (χ0n) is 14.6. The van der Waals surface area contributed by atoms with Crippen molar-refractivity contribution in [2.45, 2.75) is 24.0 Å². The van der Waals surface area contributed by atoms with Crippen molar-refractivity contribution >= 4 is 27.4 Å². The van der Waals surface area contributed by atoms with Crippen molar-refractivity contribution in [1.82, 2.24) is 9.97 Å². The Bertz CT molecular complexity index is 956. The second-order valence-electron chi connectivity index (χ2n) is 6.46. The Morgan fingerprint density at radius 2 is 1.89 bits per heavy atom. The van der Waals surface area contributed by atoms with Gasteiger partial charge in [0.2, 0.25) is 0 Å². The molecule has 0 saturated heterocycles. The minimum atomic E-state index is -3.47. The number of urea groups is 1. The molecule has 2 amide bonds. The summed E-state index contributed by atoms with van der Waals surface area (Å²) in [6.07, 6.45) is 1.13. The first-order valence-corrected chi connectivity index (χ1v) is 10.1. The van der Waals surface area contributed by atoms with E-state index in [2.05, 4.69) is 15.3 Å². The number of aromatic nitrogens is 2. The van der Waals surface area contributed by atoms with Gasteiger partial charge in [0.1, 0.15) is 10.6 Å². The Hall–Kier alpha value is -2.72. The van der Waals surface area contributed by atoms with Crippen molar-refractivity contribution < 1.29 is 18.3 Å². The molecule has 1 aromatic carbocycles. The maximum absolute atomic E-state index is 12.7. The van der Waals surface area contributed by atoms with E-state index in [-0.39, 0.29) is 24.6 Å². The van der Waals surface area contributed by atoms with Gasteiger partial charge in [-0.15, -0.1) is 0 Å². The van der Waals surface area contributed by atoms with Crippen LogP contribution in [0.5, 0.6) is 0 Å². The molecule has 1 aliphatic rings. The highest BCUT2D eigenvalue weighted by Gasteiger charge is 2.56. The largest absolute Gasteiger partial charge is 0.396 e. The van der Waals surface area contributed by atoms with Crippen LogP contribution in [0, 0.1) is 0 Å². The molecule has 1 aromatic heterocycles. The lowest BCUT2D eigenvalue weighted by Crippen LogP contribution is -2.26. The van der Waals surface area contributed by atoms with E-state index >= 15 is 0 Å². The van der Waals surface area contributed by atoms with Crippen LogP contribution in [0.25, 0.3) is 11.4 Å². The van der Waals surface area contributed by atoms with Crippen molar-refractivity contribution in [2.24, 2.45) is 5.73 Å². The molecule has 6 N–H and O–H groups in total. The molecular weight excluding hydrogens is 370 g/mol. The van der Waals surface area contributed by atoms with E-state index in [1.165, 1.54) is 6.07 Å². The predicted molar refractivity (Wildman–Crippen MR) is 101 cm³/mol. The van der Waals surface area contributed by atoms with Gasteiger partial charge in [-0.05, 0) is 43.5 Å². The molecule has 0 unspecified atom stereocenters. The van der Waals surface area contributed by atoms with E-state index in [0.717, 1.165) is 0 Å². The highest BCUT2D eigenvalue weighted by molar-refractivity contribution is 7.92. The fraction of sp³-hybridized carbons (Fsp3) is 0.353. The standard InChI is InChI=1S/C17H21N5O4S/c18-14-10-13(17(6-7-17)27(25,26)9-1-8-23)21-15(22-14)11-2-4-12(5-3-11)20-16(19)24/h2-5,10,23H,1,6-9H2,(H2,18,21,22)(H3,19,20,24). The summed E-state index contributed by atoms with van der Waals surface area (Å²) in [6.45, 7) is -0.182. The van der Waals surface area contributed by atoms with Gasteiger partial charge < -0.3 is 21.9 Å². The molecular formula is C17H21N5O4S. The van der Waals surface area contributed by atoms with Crippen molar-refractivity contribution in [3.63, 3.8) is 0 Å². The van der Waals surface area contributed by atoms with Gasteiger partial charge in [0.05, 0.1) is 11.4 Å². The van der Waals surface area contributed by atoms with Crippen LogP contribution < -0.4 is 16.8 Å². The van der Waals surface area contributed by atoms with Crippen molar-refractivity contribution in [2.75, 3.05) is 23.4 Å². The van der Waals surface area contributed by atoms with Gasteiger partial charge in [-0.3, -0.25) is 0 Å². The molecule has 144 valence electrons. The molecule has 1 saturated carbocycles. The summed E-state index contributed by atoms with van der Waals surface area (Å²) in [7, 11) is -3.47. The number of primary amides is 1. The Morgan fingerprint density at radius 1 is 1.22 bits per heavy atom. The van der Waals surface area contributed by atoms with Gasteiger partial charge >= 0.3 is 6.03 Å². The number of nitrogens with zero attached hydrogens (tertiary/aromatic N) is 2. The first kappa shape index (κ1) is 19.1. The normalized spacial score (nSPS) is 15.3. The number of aliphatic hydroxyl groups excluding tert-OH is 1. The second kappa shape index (κ2) is 7.12. The summed E-state index contributed by atoms with van der Waals surface area (Å²) < 4.78 is 24.4. The number of nitrogens with two attached hydrogens (primary N) is 2. The van der Waals surface area contributed by atoms with Crippen LogP contribution in [0.3, 0.4) is 0 Å². The van der Waals surface area contributed by atoms with Crippen molar-refractivity contribution in [3.05, 3.63) is 36.0 Å².